The Morgan fingerprint density at radius 3 is 2.55 bits per heavy atom. The number of carbonyl (C=O) groups is 1. The van der Waals surface area contributed by atoms with Crippen molar-refractivity contribution < 1.29 is 23.1 Å². The minimum atomic E-state index is -3.60. The van der Waals surface area contributed by atoms with Gasteiger partial charge in [-0.2, -0.15) is 0 Å². The maximum Gasteiger partial charge on any atom is 0.409 e. The van der Waals surface area contributed by atoms with Gasteiger partial charge in [0, 0.05) is 23.9 Å². The van der Waals surface area contributed by atoms with Gasteiger partial charge in [-0.3, -0.25) is 5.32 Å². The summed E-state index contributed by atoms with van der Waals surface area (Å²) < 4.78 is 31.5. The van der Waals surface area contributed by atoms with E-state index in [1.54, 1.807) is 60.7 Å². The van der Waals surface area contributed by atoms with Gasteiger partial charge in [0.05, 0.1) is 35.6 Å². The van der Waals surface area contributed by atoms with Gasteiger partial charge in [0.1, 0.15) is 5.82 Å². The summed E-state index contributed by atoms with van der Waals surface area (Å²) in [4.78, 5) is 22.4. The second-order valence-electron chi connectivity index (χ2n) is 7.74. The Morgan fingerprint density at radius 2 is 1.88 bits per heavy atom. The molecule has 4 rings (SSSR count). The molecule has 0 spiro atoms. The van der Waals surface area contributed by atoms with E-state index in [9.17, 15) is 13.2 Å². The van der Waals surface area contributed by atoms with Gasteiger partial charge in [0.25, 0.3) is 0 Å². The van der Waals surface area contributed by atoms with E-state index in [0.29, 0.717) is 48.3 Å². The van der Waals surface area contributed by atoms with Crippen LogP contribution in [-0.2, 0) is 20.3 Å². The van der Waals surface area contributed by atoms with Gasteiger partial charge in [0.2, 0.25) is 0 Å². The minimum Gasteiger partial charge on any atom is -0.465 e. The third-order valence-corrected chi connectivity index (χ3v) is 6.93. The largest absolute Gasteiger partial charge is 0.465 e. The average molecular weight is 469 g/mol. The summed E-state index contributed by atoms with van der Waals surface area (Å²) in [6.45, 7) is 3.75. The Labute approximate surface area is 192 Å². The van der Waals surface area contributed by atoms with Gasteiger partial charge in [-0.1, -0.05) is 18.2 Å². The van der Waals surface area contributed by atoms with E-state index in [0.717, 1.165) is 0 Å². The molecule has 1 aliphatic rings. The molecule has 0 radical (unpaired) electrons. The topological polar surface area (TPSA) is 122 Å². The predicted molar refractivity (Wildman–Crippen MR) is 124 cm³/mol. The number of nitrogens with one attached hydrogen (secondary N) is 1. The fourth-order valence-electron chi connectivity index (χ4n) is 3.63. The molecule has 3 aromatic rings. The highest BCUT2D eigenvalue weighted by Gasteiger charge is 2.24. The minimum absolute atomic E-state index is 0.0715. The first-order valence-electron chi connectivity index (χ1n) is 10.4. The Kier molecular flexibility index (Phi) is 6.57. The molecule has 33 heavy (non-hydrogen) atoms. The number of benzene rings is 2. The number of aromatic nitrogens is 2. The molecule has 1 amide bonds. The monoisotopic (exact) mass is 468 g/mol. The molecule has 1 fully saturated rings. The molecule has 172 valence electrons. The lowest BCUT2D eigenvalue weighted by atomic mass is 10.2. The number of nitrogens with zero attached hydrogens (tertiary/aromatic N) is 3. The number of morpholine rings is 1. The molecule has 2 aromatic carbocycles. The van der Waals surface area contributed by atoms with Crippen LogP contribution in [0.5, 0.6) is 0 Å². The van der Waals surface area contributed by atoms with Gasteiger partial charge in [0.15, 0.2) is 15.7 Å². The highest BCUT2D eigenvalue weighted by Crippen LogP contribution is 2.26. The summed E-state index contributed by atoms with van der Waals surface area (Å²) in [5, 5.41) is 11.2. The van der Waals surface area contributed by atoms with Gasteiger partial charge in [-0.25, -0.2) is 23.2 Å². The van der Waals surface area contributed by atoms with Crippen molar-refractivity contribution in [1.82, 2.24) is 9.97 Å². The van der Waals surface area contributed by atoms with Gasteiger partial charge in [-0.15, -0.1) is 0 Å². The number of anilines is 2. The second kappa shape index (κ2) is 9.55. The number of hydrogen-bond donors (Lipinski definition) is 2. The van der Waals surface area contributed by atoms with Crippen LogP contribution in [0.3, 0.4) is 0 Å². The first-order valence-corrected chi connectivity index (χ1v) is 12.1. The van der Waals surface area contributed by atoms with Crippen molar-refractivity contribution in [3.8, 4) is 11.4 Å². The molecular formula is C23H24N4O5S. The Hall–Kier alpha value is -3.50. The van der Waals surface area contributed by atoms with E-state index in [1.807, 2.05) is 6.92 Å². The quantitative estimate of drug-likeness (QED) is 0.564. The normalized spacial score (nSPS) is 16.4. The second-order valence-corrected chi connectivity index (χ2v) is 9.73. The summed E-state index contributed by atoms with van der Waals surface area (Å²) in [5.41, 5.74) is 1.44. The van der Waals surface area contributed by atoms with Crippen LogP contribution < -0.4 is 10.2 Å². The number of rotatable bonds is 6. The fourth-order valence-corrected chi connectivity index (χ4v) is 4.91. The molecule has 2 N–H and O–H groups in total. The summed E-state index contributed by atoms with van der Waals surface area (Å²) >= 11 is 0. The zero-order valence-corrected chi connectivity index (χ0v) is 18.8. The Morgan fingerprint density at radius 1 is 1.15 bits per heavy atom. The van der Waals surface area contributed by atoms with Crippen LogP contribution in [0.25, 0.3) is 11.4 Å². The van der Waals surface area contributed by atoms with Gasteiger partial charge < -0.3 is 14.7 Å². The smallest absolute Gasteiger partial charge is 0.409 e. The van der Waals surface area contributed by atoms with Gasteiger partial charge >= 0.3 is 6.09 Å². The number of hydrogen-bond acceptors (Lipinski definition) is 7. The number of sulfone groups is 1. The van der Waals surface area contributed by atoms with E-state index >= 15 is 0 Å². The van der Waals surface area contributed by atoms with Crippen molar-refractivity contribution in [3.63, 3.8) is 0 Å². The maximum atomic E-state index is 13.0. The third-order valence-electron chi connectivity index (χ3n) is 5.26. The highest BCUT2D eigenvalue weighted by atomic mass is 32.2. The maximum absolute atomic E-state index is 13.0. The zero-order valence-electron chi connectivity index (χ0n) is 18.0. The molecule has 0 unspecified atom stereocenters. The highest BCUT2D eigenvalue weighted by molar-refractivity contribution is 7.90. The Balaban J connectivity index is 1.73. The lowest BCUT2D eigenvalue weighted by Gasteiger charge is -2.34. The van der Waals surface area contributed by atoms with Crippen LogP contribution in [0.1, 0.15) is 12.6 Å². The molecule has 0 saturated carbocycles. The molecule has 1 aromatic heterocycles. The molecule has 1 saturated heterocycles. The van der Waals surface area contributed by atoms with E-state index < -0.39 is 15.9 Å². The van der Waals surface area contributed by atoms with Crippen molar-refractivity contribution in [3.05, 3.63) is 66.4 Å². The number of amides is 1. The van der Waals surface area contributed by atoms with Crippen molar-refractivity contribution in [2.24, 2.45) is 0 Å². The summed E-state index contributed by atoms with van der Waals surface area (Å²) in [6, 6.07) is 16.7. The van der Waals surface area contributed by atoms with E-state index in [2.05, 4.69) is 15.2 Å². The molecule has 10 heteroatoms. The fraction of sp³-hybridized carbons (Fsp3) is 0.261. The predicted octanol–water partition coefficient (Wildman–Crippen LogP) is 3.43. The summed E-state index contributed by atoms with van der Waals surface area (Å²) in [7, 11) is -3.60. The van der Waals surface area contributed by atoms with Crippen molar-refractivity contribution in [1.29, 1.82) is 0 Å². The van der Waals surface area contributed by atoms with Crippen LogP contribution in [0.2, 0.25) is 0 Å². The van der Waals surface area contributed by atoms with Crippen LogP contribution in [-0.4, -0.2) is 55.4 Å². The van der Waals surface area contributed by atoms with Gasteiger partial charge in [-0.05, 0) is 43.3 Å². The molecule has 1 atom stereocenters. The lowest BCUT2D eigenvalue weighted by Crippen LogP contribution is -2.44. The average Bonchev–Trinajstić information content (AvgIpc) is 2.79. The zero-order chi connectivity index (χ0) is 23.4. The molecule has 0 aliphatic carbocycles. The van der Waals surface area contributed by atoms with Crippen molar-refractivity contribution in [2.45, 2.75) is 23.6 Å². The Bertz CT molecular complexity index is 1230. The van der Waals surface area contributed by atoms with E-state index in [1.165, 1.54) is 0 Å². The van der Waals surface area contributed by atoms with Crippen LogP contribution in [0.4, 0.5) is 16.3 Å². The van der Waals surface area contributed by atoms with Crippen LogP contribution >= 0.6 is 0 Å². The standard InChI is InChI=1S/C23H24N4O5S/c1-16-14-32-12-11-27(16)21-13-19(15-33(30,31)20-5-3-2-4-6-20)24-22(26-21)17-7-9-18(10-8-17)25-23(28)29/h2-10,13,16,25H,11-12,14-15H2,1H3,(H,28,29)/t16-/m0/s1. The number of ether oxygens (including phenoxy) is 1. The van der Waals surface area contributed by atoms with Crippen molar-refractivity contribution >= 4 is 27.4 Å². The molecule has 9 nitrogen and oxygen atoms in total. The van der Waals surface area contributed by atoms with E-state index in [-0.39, 0.29) is 16.7 Å². The van der Waals surface area contributed by atoms with Crippen molar-refractivity contribution in [2.75, 3.05) is 30.0 Å². The first kappa shape index (κ1) is 22.7. The summed E-state index contributed by atoms with van der Waals surface area (Å²) in [5.74, 6) is 0.727. The molecule has 2 heterocycles. The van der Waals surface area contributed by atoms with Crippen LogP contribution in [0, 0.1) is 0 Å². The van der Waals surface area contributed by atoms with Crippen LogP contribution in [0.15, 0.2) is 65.6 Å². The number of carboxylic acid groups (broad SMARTS) is 1. The molecule has 0 bridgehead atoms. The molecule has 1 aliphatic heterocycles. The lowest BCUT2D eigenvalue weighted by molar-refractivity contribution is 0.0985. The molecular weight excluding hydrogens is 444 g/mol. The van der Waals surface area contributed by atoms with E-state index in [4.69, 9.17) is 14.8 Å². The first-order chi connectivity index (χ1) is 15.8. The third kappa shape index (κ3) is 5.47. The SMILES string of the molecule is C[C@H]1COCCN1c1cc(CS(=O)(=O)c2ccccc2)nc(-c2ccc(NC(=O)O)cc2)n1. The summed E-state index contributed by atoms with van der Waals surface area (Å²) in [6.07, 6.45) is -1.16.